The summed E-state index contributed by atoms with van der Waals surface area (Å²) in [5, 5.41) is 17.2. The second-order valence-electron chi connectivity index (χ2n) is 3.21. The van der Waals surface area contributed by atoms with Crippen LogP contribution in [-0.4, -0.2) is 17.4 Å². The first kappa shape index (κ1) is 14.2. The molecular formula is C10H6F3NO3S. The standard InChI is InChI=1S/C10H6F3NO3S/c11-10(12,13)17-7-1-5(3-9(15)16)8(18)2-6(7)4-14/h1-2,18H,3H2,(H,15,16). The molecule has 0 aromatic heterocycles. The summed E-state index contributed by atoms with van der Waals surface area (Å²) < 4.78 is 39.9. The quantitative estimate of drug-likeness (QED) is 0.832. The molecule has 0 aliphatic carbocycles. The van der Waals surface area contributed by atoms with Crippen LogP contribution in [0.3, 0.4) is 0 Å². The van der Waals surface area contributed by atoms with Crippen molar-refractivity contribution in [2.45, 2.75) is 17.7 Å². The van der Waals surface area contributed by atoms with Crippen LogP contribution in [0.4, 0.5) is 13.2 Å². The smallest absolute Gasteiger partial charge is 0.481 e. The molecule has 0 amide bonds. The fourth-order valence-electron chi connectivity index (χ4n) is 1.21. The maximum atomic E-state index is 12.1. The molecule has 96 valence electrons. The van der Waals surface area contributed by atoms with Gasteiger partial charge < -0.3 is 9.84 Å². The third-order valence-corrected chi connectivity index (χ3v) is 2.28. The van der Waals surface area contributed by atoms with Crippen molar-refractivity contribution in [1.29, 1.82) is 5.26 Å². The molecule has 0 bridgehead atoms. The van der Waals surface area contributed by atoms with Gasteiger partial charge in [0.25, 0.3) is 0 Å². The van der Waals surface area contributed by atoms with Crippen LogP contribution in [0.2, 0.25) is 0 Å². The van der Waals surface area contributed by atoms with Gasteiger partial charge in [-0.2, -0.15) is 5.26 Å². The Kier molecular flexibility index (Phi) is 4.08. The van der Waals surface area contributed by atoms with E-state index in [1.165, 1.54) is 6.07 Å². The number of thiol groups is 1. The second-order valence-corrected chi connectivity index (χ2v) is 3.69. The van der Waals surface area contributed by atoms with E-state index in [-0.39, 0.29) is 16.0 Å². The third kappa shape index (κ3) is 3.85. The normalized spacial score (nSPS) is 10.8. The molecule has 1 aromatic rings. The Morgan fingerprint density at radius 1 is 1.50 bits per heavy atom. The lowest BCUT2D eigenvalue weighted by Gasteiger charge is -2.12. The summed E-state index contributed by atoms with van der Waals surface area (Å²) in [7, 11) is 0. The summed E-state index contributed by atoms with van der Waals surface area (Å²) in [6, 6.07) is 3.40. The van der Waals surface area contributed by atoms with Gasteiger partial charge in [-0.15, -0.1) is 25.8 Å². The van der Waals surface area contributed by atoms with E-state index in [2.05, 4.69) is 17.4 Å². The first-order valence-electron chi connectivity index (χ1n) is 4.46. The number of carboxylic acid groups (broad SMARTS) is 1. The van der Waals surface area contributed by atoms with Crippen LogP contribution in [-0.2, 0) is 11.2 Å². The molecule has 0 saturated heterocycles. The maximum absolute atomic E-state index is 12.1. The van der Waals surface area contributed by atoms with Gasteiger partial charge >= 0.3 is 12.3 Å². The number of carbonyl (C=O) groups is 1. The van der Waals surface area contributed by atoms with Crippen LogP contribution in [0.5, 0.6) is 5.75 Å². The Labute approximate surface area is 105 Å². The molecule has 0 aliphatic rings. The molecule has 1 N–H and O–H groups in total. The van der Waals surface area contributed by atoms with Gasteiger partial charge in [0.1, 0.15) is 11.8 Å². The zero-order valence-corrected chi connectivity index (χ0v) is 9.55. The molecule has 8 heteroatoms. The van der Waals surface area contributed by atoms with Gasteiger partial charge in [-0.1, -0.05) is 0 Å². The summed E-state index contributed by atoms with van der Waals surface area (Å²) >= 11 is 3.90. The lowest BCUT2D eigenvalue weighted by Crippen LogP contribution is -2.18. The highest BCUT2D eigenvalue weighted by Gasteiger charge is 2.32. The van der Waals surface area contributed by atoms with Gasteiger partial charge in [-0.25, -0.2) is 0 Å². The number of rotatable bonds is 3. The van der Waals surface area contributed by atoms with Crippen molar-refractivity contribution in [3.05, 3.63) is 23.3 Å². The van der Waals surface area contributed by atoms with Crippen molar-refractivity contribution >= 4 is 18.6 Å². The van der Waals surface area contributed by atoms with Gasteiger partial charge in [-0.3, -0.25) is 4.79 Å². The number of aliphatic carboxylic acids is 1. The lowest BCUT2D eigenvalue weighted by molar-refractivity contribution is -0.274. The summed E-state index contributed by atoms with van der Waals surface area (Å²) in [5.74, 6) is -1.97. The number of halogens is 3. The Balaban J connectivity index is 3.23. The van der Waals surface area contributed by atoms with Gasteiger partial charge in [-0.05, 0) is 17.7 Å². The molecule has 1 aromatic carbocycles. The molecule has 0 saturated carbocycles. The van der Waals surface area contributed by atoms with E-state index in [4.69, 9.17) is 10.4 Å². The molecule has 0 unspecified atom stereocenters. The number of carboxylic acids is 1. The largest absolute Gasteiger partial charge is 0.573 e. The SMILES string of the molecule is N#Cc1cc(S)c(CC(=O)O)cc1OC(F)(F)F. The fourth-order valence-corrected chi connectivity index (χ4v) is 1.48. The van der Waals surface area contributed by atoms with E-state index < -0.39 is 24.5 Å². The summed E-state index contributed by atoms with van der Waals surface area (Å²) in [6.07, 6.45) is -5.47. The molecule has 0 radical (unpaired) electrons. The first-order chi connectivity index (χ1) is 8.23. The molecule has 0 spiro atoms. The average molecular weight is 277 g/mol. The molecule has 0 fully saturated rings. The number of hydrogen-bond acceptors (Lipinski definition) is 4. The molecule has 0 atom stereocenters. The van der Waals surface area contributed by atoms with Crippen LogP contribution in [0.1, 0.15) is 11.1 Å². The Bertz CT molecular complexity index is 522. The number of nitriles is 1. The van der Waals surface area contributed by atoms with Gasteiger partial charge in [0.2, 0.25) is 0 Å². The van der Waals surface area contributed by atoms with E-state index in [0.717, 1.165) is 12.1 Å². The minimum absolute atomic E-state index is 0.0316. The van der Waals surface area contributed by atoms with Crippen LogP contribution < -0.4 is 4.74 Å². The minimum Gasteiger partial charge on any atom is -0.481 e. The van der Waals surface area contributed by atoms with Crippen LogP contribution in [0.25, 0.3) is 0 Å². The van der Waals surface area contributed by atoms with Crippen LogP contribution in [0, 0.1) is 11.3 Å². The topological polar surface area (TPSA) is 70.3 Å². The van der Waals surface area contributed by atoms with Crippen LogP contribution >= 0.6 is 12.6 Å². The number of nitrogens with zero attached hydrogens (tertiary/aromatic N) is 1. The number of alkyl halides is 3. The van der Waals surface area contributed by atoms with E-state index >= 15 is 0 Å². The maximum Gasteiger partial charge on any atom is 0.573 e. The number of hydrogen-bond donors (Lipinski definition) is 2. The highest BCUT2D eigenvalue weighted by atomic mass is 32.1. The number of ether oxygens (including phenoxy) is 1. The summed E-state index contributed by atoms with van der Waals surface area (Å²) in [4.78, 5) is 10.6. The van der Waals surface area contributed by atoms with E-state index in [1.54, 1.807) is 0 Å². The molecule has 0 aliphatic heterocycles. The van der Waals surface area contributed by atoms with Gasteiger partial charge in [0.15, 0.2) is 0 Å². The predicted octanol–water partition coefficient (Wildman–Crippen LogP) is 2.37. The third-order valence-electron chi connectivity index (χ3n) is 1.87. The minimum atomic E-state index is -4.95. The highest BCUT2D eigenvalue weighted by molar-refractivity contribution is 7.80. The zero-order valence-electron chi connectivity index (χ0n) is 8.65. The van der Waals surface area contributed by atoms with E-state index in [1.807, 2.05) is 0 Å². The van der Waals surface area contributed by atoms with Crippen molar-refractivity contribution in [3.8, 4) is 11.8 Å². The molecular weight excluding hydrogens is 271 g/mol. The van der Waals surface area contributed by atoms with Gasteiger partial charge in [0, 0.05) is 4.90 Å². The molecule has 0 heterocycles. The van der Waals surface area contributed by atoms with Gasteiger partial charge in [0.05, 0.1) is 12.0 Å². The fraction of sp³-hybridized carbons (Fsp3) is 0.200. The van der Waals surface area contributed by atoms with Crippen molar-refractivity contribution in [2.24, 2.45) is 0 Å². The van der Waals surface area contributed by atoms with Crippen LogP contribution in [0.15, 0.2) is 17.0 Å². The summed E-state index contributed by atoms with van der Waals surface area (Å²) in [5.41, 5.74) is -0.337. The Morgan fingerprint density at radius 3 is 2.56 bits per heavy atom. The second kappa shape index (κ2) is 5.18. The van der Waals surface area contributed by atoms with Crippen molar-refractivity contribution in [2.75, 3.05) is 0 Å². The Morgan fingerprint density at radius 2 is 2.11 bits per heavy atom. The predicted molar refractivity (Wildman–Crippen MR) is 56.4 cm³/mol. The van der Waals surface area contributed by atoms with Crippen molar-refractivity contribution in [3.63, 3.8) is 0 Å². The number of benzene rings is 1. The Hall–Kier alpha value is -1.88. The van der Waals surface area contributed by atoms with Crippen molar-refractivity contribution < 1.29 is 27.8 Å². The van der Waals surface area contributed by atoms with Crippen molar-refractivity contribution in [1.82, 2.24) is 0 Å². The average Bonchev–Trinajstić information content (AvgIpc) is 2.19. The lowest BCUT2D eigenvalue weighted by atomic mass is 10.1. The van der Waals surface area contributed by atoms with E-state index in [0.29, 0.717) is 0 Å². The summed E-state index contributed by atoms with van der Waals surface area (Å²) in [6.45, 7) is 0. The molecule has 18 heavy (non-hydrogen) atoms. The monoisotopic (exact) mass is 277 g/mol. The molecule has 4 nitrogen and oxygen atoms in total. The first-order valence-corrected chi connectivity index (χ1v) is 4.91. The molecule has 1 rings (SSSR count). The van der Waals surface area contributed by atoms with E-state index in [9.17, 15) is 18.0 Å². The zero-order chi connectivity index (χ0) is 13.9. The highest BCUT2D eigenvalue weighted by Crippen LogP contribution is 2.30.